The van der Waals surface area contributed by atoms with E-state index in [1.807, 2.05) is 24.3 Å². The van der Waals surface area contributed by atoms with Gasteiger partial charge in [0.15, 0.2) is 0 Å². The van der Waals surface area contributed by atoms with Gasteiger partial charge in [-0.1, -0.05) is 33.6 Å². The van der Waals surface area contributed by atoms with Crippen molar-refractivity contribution in [3.8, 4) is 34.1 Å². The number of nitrogens with zero attached hydrogens (tertiary/aromatic N) is 2. The second-order valence-corrected chi connectivity index (χ2v) is 8.21. The lowest BCUT2D eigenvalue weighted by molar-refractivity contribution is 0.343. The Balaban J connectivity index is 1.52. The van der Waals surface area contributed by atoms with E-state index in [-0.39, 0.29) is 17.3 Å². The molecule has 1 aromatic carbocycles. The van der Waals surface area contributed by atoms with Crippen LogP contribution >= 0.6 is 27.5 Å². The number of alkyl halides is 1. The number of hydrogen-bond acceptors (Lipinski definition) is 4. The molecule has 0 saturated heterocycles. The highest BCUT2D eigenvalue weighted by Gasteiger charge is 2.16. The van der Waals surface area contributed by atoms with E-state index in [0.29, 0.717) is 28.0 Å². The van der Waals surface area contributed by atoms with Gasteiger partial charge in [0.05, 0.1) is 12.8 Å². The number of nitrogens with one attached hydrogen (secondary N) is 1. The Morgan fingerprint density at radius 1 is 1.30 bits per heavy atom. The van der Waals surface area contributed by atoms with Crippen LogP contribution in [0.2, 0.25) is 5.15 Å². The third-order valence-electron chi connectivity index (χ3n) is 4.65. The fraction of sp³-hybridized carbons (Fsp3) is 0.182. The monoisotopic (exact) mass is 489 g/mol. The zero-order chi connectivity index (χ0) is 21.1. The fourth-order valence-electron chi connectivity index (χ4n) is 3.07. The number of imidazole rings is 1. The molecule has 154 valence electrons. The van der Waals surface area contributed by atoms with Crippen molar-refractivity contribution < 1.29 is 13.9 Å². The molecule has 3 aromatic rings. The molecule has 2 heterocycles. The van der Waals surface area contributed by atoms with Crippen molar-refractivity contribution in [1.29, 1.82) is 0 Å². The molecular weight excluding hydrogens is 473 g/mol. The highest BCUT2D eigenvalue weighted by Crippen LogP contribution is 2.34. The number of hydrogen-bond donors (Lipinski definition) is 1. The maximum absolute atomic E-state index is 14.0. The number of aromatic amines is 1. The lowest BCUT2D eigenvalue weighted by atomic mass is 10.1. The van der Waals surface area contributed by atoms with E-state index >= 15 is 0 Å². The molecular formula is C22H18BrClFN3O2. The minimum atomic E-state index is -0.257. The van der Waals surface area contributed by atoms with Crippen LogP contribution in [0, 0.1) is 0 Å². The summed E-state index contributed by atoms with van der Waals surface area (Å²) in [6.07, 6.45) is 7.58. The van der Waals surface area contributed by atoms with Crippen LogP contribution in [0.4, 0.5) is 4.39 Å². The summed E-state index contributed by atoms with van der Waals surface area (Å²) in [5.41, 5.74) is 2.89. The van der Waals surface area contributed by atoms with Crippen LogP contribution in [0.5, 0.6) is 11.5 Å². The molecule has 0 spiro atoms. The predicted molar refractivity (Wildman–Crippen MR) is 119 cm³/mol. The number of allylic oxidation sites excluding steroid dienone is 2. The van der Waals surface area contributed by atoms with Crippen molar-refractivity contribution >= 4 is 27.5 Å². The molecule has 2 aromatic heterocycles. The molecule has 1 aliphatic rings. The lowest BCUT2D eigenvalue weighted by Gasteiger charge is -2.15. The first-order valence-electron chi connectivity index (χ1n) is 9.23. The van der Waals surface area contributed by atoms with Crippen LogP contribution in [0.3, 0.4) is 0 Å². The van der Waals surface area contributed by atoms with Crippen molar-refractivity contribution in [2.24, 2.45) is 0 Å². The van der Waals surface area contributed by atoms with E-state index in [4.69, 9.17) is 21.1 Å². The summed E-state index contributed by atoms with van der Waals surface area (Å²) in [6, 6.07) is 9.01. The van der Waals surface area contributed by atoms with Gasteiger partial charge in [-0.2, -0.15) is 0 Å². The topological polar surface area (TPSA) is 60.0 Å². The Kier molecular flexibility index (Phi) is 6.20. The van der Waals surface area contributed by atoms with Crippen molar-refractivity contribution in [1.82, 2.24) is 15.0 Å². The molecule has 1 unspecified atom stereocenters. The second-order valence-electron chi connectivity index (χ2n) is 6.65. The summed E-state index contributed by atoms with van der Waals surface area (Å²) >= 11 is 9.23. The molecule has 5 nitrogen and oxygen atoms in total. The summed E-state index contributed by atoms with van der Waals surface area (Å²) in [6.45, 7) is 0.153. The second kappa shape index (κ2) is 9.02. The number of methoxy groups -OCH3 is 1. The maximum atomic E-state index is 14.0. The van der Waals surface area contributed by atoms with Gasteiger partial charge in [0.2, 0.25) is 0 Å². The number of pyridine rings is 1. The van der Waals surface area contributed by atoms with Gasteiger partial charge in [0.25, 0.3) is 0 Å². The Labute approximate surface area is 186 Å². The average Bonchev–Trinajstić information content (AvgIpc) is 3.23. The van der Waals surface area contributed by atoms with E-state index in [2.05, 4.69) is 30.9 Å². The first kappa shape index (κ1) is 20.6. The average molecular weight is 491 g/mol. The van der Waals surface area contributed by atoms with Gasteiger partial charge in [0, 0.05) is 40.0 Å². The van der Waals surface area contributed by atoms with Crippen molar-refractivity contribution in [3.05, 3.63) is 71.4 Å². The number of halogens is 3. The minimum Gasteiger partial charge on any atom is -0.496 e. The Morgan fingerprint density at radius 3 is 2.90 bits per heavy atom. The molecule has 8 heteroatoms. The van der Waals surface area contributed by atoms with Crippen LogP contribution in [-0.4, -0.2) is 33.5 Å². The van der Waals surface area contributed by atoms with Gasteiger partial charge >= 0.3 is 0 Å². The summed E-state index contributed by atoms with van der Waals surface area (Å²) in [5, 5.41) is 0.425. The third-order valence-corrected chi connectivity index (χ3v) is 5.51. The van der Waals surface area contributed by atoms with Crippen molar-refractivity contribution in [3.63, 3.8) is 0 Å². The van der Waals surface area contributed by atoms with Crippen LogP contribution in [-0.2, 0) is 0 Å². The Hall–Kier alpha value is -2.64. The van der Waals surface area contributed by atoms with Crippen molar-refractivity contribution in [2.45, 2.75) is 11.2 Å². The van der Waals surface area contributed by atoms with Crippen molar-refractivity contribution in [2.75, 3.05) is 13.7 Å². The van der Waals surface area contributed by atoms with Gasteiger partial charge < -0.3 is 14.5 Å². The fourth-order valence-corrected chi connectivity index (χ4v) is 3.60. The molecule has 30 heavy (non-hydrogen) atoms. The summed E-state index contributed by atoms with van der Waals surface area (Å²) < 4.78 is 25.3. The number of aromatic nitrogens is 3. The van der Waals surface area contributed by atoms with E-state index < -0.39 is 0 Å². The molecule has 1 N–H and O–H groups in total. The maximum Gasteiger partial charge on any atom is 0.139 e. The molecule has 1 aliphatic carbocycles. The van der Waals surface area contributed by atoms with Gasteiger partial charge in [-0.25, -0.2) is 14.4 Å². The number of ether oxygens (including phenoxy) is 2. The predicted octanol–water partition coefficient (Wildman–Crippen LogP) is 6.13. The first-order chi connectivity index (χ1) is 14.5. The molecule has 0 fully saturated rings. The van der Waals surface area contributed by atoms with Crippen LogP contribution in [0.25, 0.3) is 22.6 Å². The van der Waals surface area contributed by atoms with Gasteiger partial charge in [-0.3, -0.25) is 0 Å². The summed E-state index contributed by atoms with van der Waals surface area (Å²) in [7, 11) is 1.58. The smallest absolute Gasteiger partial charge is 0.139 e. The molecule has 1 atom stereocenters. The van der Waals surface area contributed by atoms with Gasteiger partial charge in [-0.15, -0.1) is 0 Å². The Bertz CT molecular complexity index is 1110. The first-order valence-corrected chi connectivity index (χ1v) is 10.5. The molecule has 0 saturated carbocycles. The summed E-state index contributed by atoms with van der Waals surface area (Å²) in [4.78, 5) is 11.9. The highest BCUT2D eigenvalue weighted by molar-refractivity contribution is 9.09. The quantitative estimate of drug-likeness (QED) is 0.334. The minimum absolute atomic E-state index is 0.0306. The van der Waals surface area contributed by atoms with E-state index in [1.54, 1.807) is 37.7 Å². The standard InChI is InChI=1S/C22H18BrClFN3O2/c1-29-20-9-16(30-12-14-2-4-15(23)8-18(14)25)5-6-17(20)19-11-27-22(28-19)13-3-7-21(24)26-10-13/h2-3,5-11,15H,4,12H2,1H3,(H,27,28). The van der Waals surface area contributed by atoms with E-state index in [9.17, 15) is 4.39 Å². The number of rotatable bonds is 6. The van der Waals surface area contributed by atoms with Gasteiger partial charge in [0.1, 0.15) is 34.9 Å². The largest absolute Gasteiger partial charge is 0.496 e. The molecule has 4 rings (SSSR count). The molecule has 0 radical (unpaired) electrons. The zero-order valence-electron chi connectivity index (χ0n) is 16.0. The van der Waals surface area contributed by atoms with Crippen LogP contribution in [0.1, 0.15) is 6.42 Å². The zero-order valence-corrected chi connectivity index (χ0v) is 18.4. The highest BCUT2D eigenvalue weighted by atomic mass is 79.9. The van der Waals surface area contributed by atoms with Crippen LogP contribution < -0.4 is 9.47 Å². The summed E-state index contributed by atoms with van der Waals surface area (Å²) in [5.74, 6) is 1.61. The molecule has 0 bridgehead atoms. The molecule has 0 amide bonds. The van der Waals surface area contributed by atoms with Gasteiger partial charge in [-0.05, 0) is 36.8 Å². The molecule has 0 aliphatic heterocycles. The number of benzene rings is 1. The SMILES string of the molecule is COc1cc(OCC2=CCC(Br)C=C2F)ccc1-c1c[nH]c(-c2ccc(Cl)nc2)n1. The number of H-pyrrole nitrogens is 1. The van der Waals surface area contributed by atoms with E-state index in [1.165, 1.54) is 0 Å². The third kappa shape index (κ3) is 4.57. The normalized spacial score (nSPS) is 16.1. The van der Waals surface area contributed by atoms with Crippen LogP contribution in [0.15, 0.2) is 66.3 Å². The Morgan fingerprint density at radius 2 is 2.17 bits per heavy atom. The van der Waals surface area contributed by atoms with E-state index in [0.717, 1.165) is 23.2 Å². The lowest BCUT2D eigenvalue weighted by Crippen LogP contribution is -2.08.